The molecule has 4 atom stereocenters. The molecule has 1 unspecified atom stereocenters. The highest BCUT2D eigenvalue weighted by molar-refractivity contribution is 5.87. The summed E-state index contributed by atoms with van der Waals surface area (Å²) < 4.78 is 23.8. The number of ether oxygens (including phenoxy) is 4. The summed E-state index contributed by atoms with van der Waals surface area (Å²) in [5.74, 6) is 1.73. The molecule has 1 amide bonds. The summed E-state index contributed by atoms with van der Waals surface area (Å²) in [7, 11) is 0. The van der Waals surface area contributed by atoms with E-state index in [1.54, 1.807) is 12.1 Å². The number of nitrogens with one attached hydrogen (secondary N) is 3. The molecule has 4 heterocycles. The van der Waals surface area contributed by atoms with Crippen molar-refractivity contribution in [1.29, 1.82) is 0 Å². The molecular weight excluding hydrogens is 801 g/mol. The Labute approximate surface area is 366 Å². The van der Waals surface area contributed by atoms with E-state index in [4.69, 9.17) is 18.9 Å². The minimum Gasteiger partial charge on any atom is -0.506 e. The topological polar surface area (TPSA) is 175 Å². The van der Waals surface area contributed by atoms with Crippen LogP contribution in [0.15, 0.2) is 126 Å². The number of phenols is 1. The van der Waals surface area contributed by atoms with Crippen molar-refractivity contribution in [3.63, 3.8) is 0 Å². The third-order valence-electron chi connectivity index (χ3n) is 11.9. The second kappa shape index (κ2) is 20.3. The van der Waals surface area contributed by atoms with E-state index in [0.29, 0.717) is 52.6 Å². The Morgan fingerprint density at radius 2 is 1.60 bits per heavy atom. The first kappa shape index (κ1) is 43.4. The maximum absolute atomic E-state index is 13.2. The van der Waals surface area contributed by atoms with Gasteiger partial charge in [0.25, 0.3) is 0 Å². The molecule has 2 bridgehead atoms. The molecule has 6 N–H and O–H groups in total. The predicted molar refractivity (Wildman–Crippen MR) is 239 cm³/mol. The lowest BCUT2D eigenvalue weighted by Gasteiger charge is -2.43. The number of aromatic nitrogens is 1. The number of H-pyrrole nitrogens is 1. The molecule has 6 aromatic rings. The average Bonchev–Trinajstić information content (AvgIpc) is 3.30. The number of aromatic amines is 1. The maximum atomic E-state index is 13.2. The van der Waals surface area contributed by atoms with Gasteiger partial charge in [-0.15, -0.1) is 0 Å². The molecule has 0 saturated carbocycles. The Balaban J connectivity index is 0.772. The largest absolute Gasteiger partial charge is 0.506 e. The van der Waals surface area contributed by atoms with Gasteiger partial charge in [0, 0.05) is 36.7 Å². The summed E-state index contributed by atoms with van der Waals surface area (Å²) in [5, 5.41) is 38.7. The zero-order valence-corrected chi connectivity index (χ0v) is 35.2. The van der Waals surface area contributed by atoms with E-state index in [-0.39, 0.29) is 37.2 Å². The van der Waals surface area contributed by atoms with E-state index in [2.05, 4.69) is 20.5 Å². The molecule has 63 heavy (non-hydrogen) atoms. The van der Waals surface area contributed by atoms with Crippen molar-refractivity contribution >= 4 is 17.0 Å². The number of alkyl carbamates (subject to hydrolysis) is 1. The van der Waals surface area contributed by atoms with Crippen molar-refractivity contribution < 1.29 is 39.1 Å². The number of nitrogens with zero attached hydrogens (tertiary/aromatic N) is 1. The van der Waals surface area contributed by atoms with Gasteiger partial charge in [-0.25, -0.2) is 4.79 Å². The van der Waals surface area contributed by atoms with Crippen LogP contribution in [0.2, 0.25) is 0 Å². The molecule has 0 spiro atoms. The molecule has 3 saturated heterocycles. The smallest absolute Gasteiger partial charge is 0.408 e. The highest BCUT2D eigenvalue weighted by atomic mass is 16.6. The van der Waals surface area contributed by atoms with Gasteiger partial charge in [0.2, 0.25) is 5.56 Å². The lowest BCUT2D eigenvalue weighted by molar-refractivity contribution is -0.108. The van der Waals surface area contributed by atoms with Gasteiger partial charge in [-0.1, -0.05) is 84.9 Å². The van der Waals surface area contributed by atoms with Crippen molar-refractivity contribution in [1.82, 2.24) is 20.5 Å². The van der Waals surface area contributed by atoms with Crippen LogP contribution in [0.25, 0.3) is 10.9 Å². The number of hydrogen-bond donors (Lipinski definition) is 6. The second-order valence-electron chi connectivity index (χ2n) is 16.3. The first-order valence-corrected chi connectivity index (χ1v) is 21.5. The fourth-order valence-electron chi connectivity index (χ4n) is 8.47. The Morgan fingerprint density at radius 1 is 0.825 bits per heavy atom. The number of fused-ring (bicyclic) bond motifs is 4. The first-order chi connectivity index (χ1) is 30.7. The summed E-state index contributed by atoms with van der Waals surface area (Å²) >= 11 is 0. The Bertz CT molecular complexity index is 2520. The van der Waals surface area contributed by atoms with E-state index in [0.717, 1.165) is 60.3 Å². The van der Waals surface area contributed by atoms with Gasteiger partial charge in [-0.2, -0.15) is 0 Å². The fraction of sp³-hybridized carbons (Fsp3) is 0.320. The summed E-state index contributed by atoms with van der Waals surface area (Å²) in [6, 6.07) is 36.4. The van der Waals surface area contributed by atoms with Crippen LogP contribution in [0.4, 0.5) is 4.79 Å². The van der Waals surface area contributed by atoms with Crippen molar-refractivity contribution in [3.8, 4) is 17.2 Å². The van der Waals surface area contributed by atoms with Gasteiger partial charge in [-0.3, -0.25) is 9.69 Å². The molecule has 3 fully saturated rings. The SMILES string of the molecule is Cc1cc(CNC[C@H](O)c2ccc(O)c3[nH]c(=O)ccc23)ccc1OCCOC(O)c1ccc(COc2cccc([C@@H](NC(=O)O[C@H]3CN4CCC3CC4)c3ccccc3)c2)cc1. The van der Waals surface area contributed by atoms with E-state index in [9.17, 15) is 24.9 Å². The molecule has 13 heteroatoms. The molecule has 9 rings (SSSR count). The number of hydrogen-bond acceptors (Lipinski definition) is 11. The zero-order chi connectivity index (χ0) is 43.7. The van der Waals surface area contributed by atoms with Crippen LogP contribution >= 0.6 is 0 Å². The standard InChI is InChI=1S/C50H54N4O9/c1-32-26-34(28-51-29-43(56)40-15-17-42(55)48-41(40)16-19-46(57)52-48)12-18-44(32)60-24-25-61-49(58)37-13-10-33(11-14-37)31-62-39-9-5-8-38(27-39)47(36-6-3-2-4-7-36)53-50(59)63-45-30-54-22-20-35(45)21-23-54/h2-19,26-27,35,43,45,47,49,51,55-56,58H,20-25,28-31H2,1H3,(H,52,57)(H,53,59)/t43-,45-,47-,49?/m0/s1. The Kier molecular flexibility index (Phi) is 14.0. The van der Waals surface area contributed by atoms with Gasteiger partial charge < -0.3 is 49.9 Å². The van der Waals surface area contributed by atoms with Gasteiger partial charge in [0.1, 0.15) is 36.6 Å². The number of amides is 1. The zero-order valence-electron chi connectivity index (χ0n) is 35.2. The predicted octanol–water partition coefficient (Wildman–Crippen LogP) is 6.94. The molecule has 13 nitrogen and oxygen atoms in total. The van der Waals surface area contributed by atoms with Crippen molar-refractivity contribution in [2.24, 2.45) is 5.92 Å². The molecule has 3 aliphatic rings. The first-order valence-electron chi connectivity index (χ1n) is 21.5. The van der Waals surface area contributed by atoms with Crippen LogP contribution in [0.5, 0.6) is 17.2 Å². The molecule has 0 radical (unpaired) electrons. The van der Waals surface area contributed by atoms with Crippen molar-refractivity contribution in [2.75, 3.05) is 39.4 Å². The van der Waals surface area contributed by atoms with Crippen LogP contribution in [0, 0.1) is 12.8 Å². The normalized spacial score (nSPS) is 18.4. The lowest BCUT2D eigenvalue weighted by atomic mass is 9.86. The van der Waals surface area contributed by atoms with Crippen LogP contribution in [-0.2, 0) is 22.6 Å². The molecule has 328 valence electrons. The highest BCUT2D eigenvalue weighted by Gasteiger charge is 2.37. The Hall–Kier alpha value is -6.22. The number of aryl methyl sites for hydroxylation is 1. The monoisotopic (exact) mass is 854 g/mol. The third-order valence-corrected chi connectivity index (χ3v) is 11.9. The number of aromatic hydroxyl groups is 1. The highest BCUT2D eigenvalue weighted by Crippen LogP contribution is 2.32. The number of pyridine rings is 1. The molecule has 5 aromatic carbocycles. The number of phenolic OH excluding ortho intramolecular Hbond substituents is 1. The van der Waals surface area contributed by atoms with E-state index in [1.807, 2.05) is 104 Å². The number of rotatable bonds is 18. The molecule has 3 aliphatic heterocycles. The quantitative estimate of drug-likeness (QED) is 0.0391. The number of benzene rings is 5. The van der Waals surface area contributed by atoms with Gasteiger partial charge in [-0.05, 0) is 102 Å². The third kappa shape index (κ3) is 11.1. The second-order valence-corrected chi connectivity index (χ2v) is 16.3. The molecule has 0 aliphatic carbocycles. The lowest BCUT2D eigenvalue weighted by Crippen LogP contribution is -2.52. The number of aliphatic hydroxyl groups excluding tert-OH is 2. The Morgan fingerprint density at radius 3 is 2.37 bits per heavy atom. The van der Waals surface area contributed by atoms with Crippen LogP contribution < -0.4 is 25.7 Å². The van der Waals surface area contributed by atoms with Crippen LogP contribution in [0.1, 0.15) is 70.2 Å². The van der Waals surface area contributed by atoms with Crippen molar-refractivity contribution in [2.45, 2.75) is 57.5 Å². The number of piperidine rings is 3. The van der Waals surface area contributed by atoms with Gasteiger partial charge in [0.05, 0.1) is 24.3 Å². The molecule has 1 aromatic heterocycles. The van der Waals surface area contributed by atoms with E-state index < -0.39 is 24.5 Å². The van der Waals surface area contributed by atoms with Crippen LogP contribution in [0.3, 0.4) is 0 Å². The maximum Gasteiger partial charge on any atom is 0.408 e. The average molecular weight is 855 g/mol. The molecular formula is C50H54N4O9. The summed E-state index contributed by atoms with van der Waals surface area (Å²) in [5.41, 5.74) is 5.83. The number of carbonyl (C=O) groups excluding carboxylic acids is 1. The van der Waals surface area contributed by atoms with Gasteiger partial charge >= 0.3 is 6.09 Å². The summed E-state index contributed by atoms with van der Waals surface area (Å²) in [6.07, 6.45) is -0.365. The minimum atomic E-state index is -1.13. The summed E-state index contributed by atoms with van der Waals surface area (Å²) in [4.78, 5) is 30.0. The minimum absolute atomic E-state index is 0.0523. The van der Waals surface area contributed by atoms with E-state index >= 15 is 0 Å². The van der Waals surface area contributed by atoms with Crippen LogP contribution in [-0.4, -0.2) is 76.8 Å². The van der Waals surface area contributed by atoms with Gasteiger partial charge in [0.15, 0.2) is 6.29 Å². The number of carbonyl (C=O) groups is 1. The van der Waals surface area contributed by atoms with Crippen molar-refractivity contribution in [3.05, 3.63) is 171 Å². The van der Waals surface area contributed by atoms with E-state index in [1.165, 1.54) is 12.1 Å². The number of aliphatic hydroxyl groups is 2. The summed E-state index contributed by atoms with van der Waals surface area (Å²) in [6.45, 7) is 6.37. The fourth-order valence-corrected chi connectivity index (χ4v) is 8.47.